The maximum atomic E-state index is 12.1. The Bertz CT molecular complexity index is 535. The molecule has 2 rings (SSSR count). The first-order chi connectivity index (χ1) is 9.51. The lowest BCUT2D eigenvalue weighted by Crippen LogP contribution is -2.25. The van der Waals surface area contributed by atoms with Gasteiger partial charge in [0.25, 0.3) is 0 Å². The Morgan fingerprint density at radius 1 is 1.55 bits per heavy atom. The quantitative estimate of drug-likeness (QED) is 0.857. The summed E-state index contributed by atoms with van der Waals surface area (Å²) in [5, 5.41) is 0.577. The number of carbonyl (C=O) groups excluding carboxylic acids is 2. The predicted octanol–water partition coefficient (Wildman–Crippen LogP) is 3.12. The van der Waals surface area contributed by atoms with Crippen LogP contribution in [0.4, 0.5) is 5.69 Å². The molecule has 6 heteroatoms. The highest BCUT2D eigenvalue weighted by Crippen LogP contribution is 2.36. The van der Waals surface area contributed by atoms with Crippen molar-refractivity contribution >= 4 is 40.1 Å². The van der Waals surface area contributed by atoms with Gasteiger partial charge in [0, 0.05) is 30.2 Å². The molecule has 1 aliphatic rings. The van der Waals surface area contributed by atoms with Gasteiger partial charge in [-0.05, 0) is 25.1 Å². The van der Waals surface area contributed by atoms with Gasteiger partial charge in [-0.1, -0.05) is 23.4 Å². The van der Waals surface area contributed by atoms with Gasteiger partial charge >= 0.3 is 0 Å². The second-order valence-electron chi connectivity index (χ2n) is 4.48. The molecule has 0 aromatic heterocycles. The molecule has 20 heavy (non-hydrogen) atoms. The molecule has 4 nitrogen and oxygen atoms in total. The van der Waals surface area contributed by atoms with Gasteiger partial charge in [-0.25, -0.2) is 0 Å². The van der Waals surface area contributed by atoms with E-state index in [0.29, 0.717) is 36.0 Å². The van der Waals surface area contributed by atoms with Crippen molar-refractivity contribution in [3.63, 3.8) is 0 Å². The van der Waals surface area contributed by atoms with E-state index in [1.165, 1.54) is 18.7 Å². The second kappa shape index (κ2) is 6.50. The summed E-state index contributed by atoms with van der Waals surface area (Å²) in [4.78, 5) is 24.9. The highest BCUT2D eigenvalue weighted by Gasteiger charge is 2.33. The van der Waals surface area contributed by atoms with Gasteiger partial charge in [0.1, 0.15) is 5.75 Å². The summed E-state index contributed by atoms with van der Waals surface area (Å²) in [5.74, 6) is 0.630. The van der Waals surface area contributed by atoms with Gasteiger partial charge in [-0.3, -0.25) is 9.59 Å². The molecule has 1 atom stereocenters. The van der Waals surface area contributed by atoms with Crippen molar-refractivity contribution in [2.75, 3.05) is 18.1 Å². The Labute approximate surface area is 127 Å². The fraction of sp³-hybridized carbons (Fsp3) is 0.429. The molecule has 0 N–H and O–H groups in total. The molecule has 1 aromatic carbocycles. The number of anilines is 1. The fourth-order valence-electron chi connectivity index (χ4n) is 2.20. The van der Waals surface area contributed by atoms with E-state index in [0.717, 1.165) is 0 Å². The van der Waals surface area contributed by atoms with Crippen LogP contribution in [-0.2, 0) is 9.59 Å². The molecule has 1 heterocycles. The number of hydrogen-bond donors (Lipinski definition) is 0. The summed E-state index contributed by atoms with van der Waals surface area (Å²) in [7, 11) is 0. The minimum absolute atomic E-state index is 0.00606. The van der Waals surface area contributed by atoms with E-state index < -0.39 is 0 Å². The molecule has 108 valence electrons. The first-order valence-electron chi connectivity index (χ1n) is 6.41. The van der Waals surface area contributed by atoms with Crippen LogP contribution in [0.25, 0.3) is 0 Å². The third-order valence-electron chi connectivity index (χ3n) is 2.93. The van der Waals surface area contributed by atoms with E-state index in [1.807, 2.05) is 6.92 Å². The van der Waals surface area contributed by atoms with Crippen LogP contribution in [0.3, 0.4) is 0 Å². The standard InChI is InChI=1S/C14H16ClNO3S/c1-3-19-13-5-4-10(15)6-12(13)16-8-11(7-14(16)18)20-9(2)17/h4-6,11H,3,7-8H2,1-2H3. The molecular weight excluding hydrogens is 298 g/mol. The highest BCUT2D eigenvalue weighted by molar-refractivity contribution is 8.14. The van der Waals surface area contributed by atoms with E-state index in [4.69, 9.17) is 16.3 Å². The zero-order chi connectivity index (χ0) is 14.7. The molecule has 1 saturated heterocycles. The average Bonchev–Trinajstić information content (AvgIpc) is 2.71. The molecule has 1 aliphatic heterocycles. The van der Waals surface area contributed by atoms with Gasteiger partial charge in [-0.15, -0.1) is 0 Å². The fourth-order valence-corrected chi connectivity index (χ4v) is 3.29. The zero-order valence-electron chi connectivity index (χ0n) is 11.4. The number of rotatable bonds is 4. The Kier molecular flexibility index (Phi) is 4.94. The van der Waals surface area contributed by atoms with Gasteiger partial charge in [-0.2, -0.15) is 0 Å². The zero-order valence-corrected chi connectivity index (χ0v) is 13.0. The lowest BCUT2D eigenvalue weighted by molar-refractivity contribution is -0.117. The molecule has 1 aromatic rings. The number of thioether (sulfide) groups is 1. The number of amides is 1. The van der Waals surface area contributed by atoms with Gasteiger partial charge < -0.3 is 9.64 Å². The van der Waals surface area contributed by atoms with Crippen molar-refractivity contribution in [2.45, 2.75) is 25.5 Å². The number of carbonyl (C=O) groups is 2. The van der Waals surface area contributed by atoms with E-state index in [-0.39, 0.29) is 16.3 Å². The summed E-state index contributed by atoms with van der Waals surface area (Å²) < 4.78 is 5.54. The van der Waals surface area contributed by atoms with Crippen molar-refractivity contribution in [1.29, 1.82) is 0 Å². The van der Waals surface area contributed by atoms with Gasteiger partial charge in [0.15, 0.2) is 5.12 Å². The van der Waals surface area contributed by atoms with Crippen molar-refractivity contribution in [1.82, 2.24) is 0 Å². The largest absolute Gasteiger partial charge is 0.492 e. The van der Waals surface area contributed by atoms with Crippen molar-refractivity contribution in [3.05, 3.63) is 23.2 Å². The lowest BCUT2D eigenvalue weighted by atomic mass is 10.2. The number of nitrogens with zero attached hydrogens (tertiary/aromatic N) is 1. The van der Waals surface area contributed by atoms with Crippen molar-refractivity contribution < 1.29 is 14.3 Å². The van der Waals surface area contributed by atoms with Crippen LogP contribution in [0.5, 0.6) is 5.75 Å². The van der Waals surface area contributed by atoms with E-state index in [2.05, 4.69) is 0 Å². The van der Waals surface area contributed by atoms with Crippen LogP contribution in [0.1, 0.15) is 20.3 Å². The molecule has 0 aliphatic carbocycles. The summed E-state index contributed by atoms with van der Waals surface area (Å²) >= 11 is 7.22. The molecule has 1 unspecified atom stereocenters. The maximum Gasteiger partial charge on any atom is 0.228 e. The molecule has 0 bridgehead atoms. The molecule has 0 saturated carbocycles. The molecule has 0 radical (unpaired) electrons. The van der Waals surface area contributed by atoms with E-state index in [9.17, 15) is 9.59 Å². The van der Waals surface area contributed by atoms with Crippen LogP contribution >= 0.6 is 23.4 Å². The summed E-state index contributed by atoms with van der Waals surface area (Å²) in [6, 6.07) is 5.23. The second-order valence-corrected chi connectivity index (χ2v) is 6.40. The first kappa shape index (κ1) is 15.2. The summed E-state index contributed by atoms with van der Waals surface area (Å²) in [6.07, 6.45) is 0.363. The van der Waals surface area contributed by atoms with Gasteiger partial charge in [0.05, 0.1) is 12.3 Å². The highest BCUT2D eigenvalue weighted by atomic mass is 35.5. The number of benzene rings is 1. The topological polar surface area (TPSA) is 46.6 Å². The van der Waals surface area contributed by atoms with Crippen LogP contribution in [-0.4, -0.2) is 29.4 Å². The third kappa shape index (κ3) is 3.46. The molecule has 1 fully saturated rings. The van der Waals surface area contributed by atoms with Gasteiger partial charge in [0.2, 0.25) is 5.91 Å². The Hall–Kier alpha value is -1.20. The number of ether oxygens (including phenoxy) is 1. The molecular formula is C14H16ClNO3S. The van der Waals surface area contributed by atoms with Crippen molar-refractivity contribution in [3.8, 4) is 5.75 Å². The maximum absolute atomic E-state index is 12.1. The Morgan fingerprint density at radius 3 is 2.95 bits per heavy atom. The minimum Gasteiger partial charge on any atom is -0.492 e. The van der Waals surface area contributed by atoms with Crippen molar-refractivity contribution in [2.24, 2.45) is 0 Å². The first-order valence-corrected chi connectivity index (χ1v) is 7.67. The monoisotopic (exact) mass is 313 g/mol. The average molecular weight is 314 g/mol. The smallest absolute Gasteiger partial charge is 0.228 e. The van der Waals surface area contributed by atoms with E-state index >= 15 is 0 Å². The van der Waals surface area contributed by atoms with E-state index in [1.54, 1.807) is 23.1 Å². The molecule has 0 spiro atoms. The Balaban J connectivity index is 2.24. The normalized spacial score (nSPS) is 18.4. The van der Waals surface area contributed by atoms with Crippen LogP contribution < -0.4 is 9.64 Å². The number of halogens is 1. The third-order valence-corrected chi connectivity index (χ3v) is 4.15. The summed E-state index contributed by atoms with van der Waals surface area (Å²) in [6.45, 7) is 4.42. The van der Waals surface area contributed by atoms with Crippen LogP contribution in [0.15, 0.2) is 18.2 Å². The molecule has 1 amide bonds. The number of hydrogen-bond acceptors (Lipinski definition) is 4. The van der Waals surface area contributed by atoms with Crippen LogP contribution in [0.2, 0.25) is 5.02 Å². The minimum atomic E-state index is -0.00744. The lowest BCUT2D eigenvalue weighted by Gasteiger charge is -2.20. The predicted molar refractivity (Wildman–Crippen MR) is 81.7 cm³/mol. The summed E-state index contributed by atoms with van der Waals surface area (Å²) in [5.41, 5.74) is 0.677. The SMILES string of the molecule is CCOc1ccc(Cl)cc1N1CC(SC(C)=O)CC1=O. The Morgan fingerprint density at radius 2 is 2.30 bits per heavy atom. The van der Waals surface area contributed by atoms with Crippen LogP contribution in [0, 0.1) is 0 Å².